The number of nitriles is 1. The smallest absolute Gasteiger partial charge is 0.385 e. The van der Waals surface area contributed by atoms with Gasteiger partial charge in [0, 0.05) is 12.6 Å². The zero-order valence-corrected chi connectivity index (χ0v) is 10.1. The van der Waals surface area contributed by atoms with Crippen molar-refractivity contribution in [1.29, 1.82) is 5.26 Å². The van der Waals surface area contributed by atoms with Crippen LogP contribution in [0.4, 0.5) is 0 Å². The summed E-state index contributed by atoms with van der Waals surface area (Å²) in [6.07, 6.45) is -1.47. The Balaban J connectivity index is 2.46. The molecule has 0 aliphatic carbocycles. The molecule has 9 nitrogen and oxygen atoms in total. The highest BCUT2D eigenvalue weighted by Gasteiger charge is 2.55. The second kappa shape index (κ2) is 4.90. The highest BCUT2D eigenvalue weighted by molar-refractivity contribution is 5.22. The van der Waals surface area contributed by atoms with Crippen LogP contribution in [0.5, 0.6) is 0 Å². The summed E-state index contributed by atoms with van der Waals surface area (Å²) in [5.74, 6) is 0. The maximum absolute atomic E-state index is 11.7. The fourth-order valence-electron chi connectivity index (χ4n) is 1.97. The first-order valence-corrected chi connectivity index (χ1v) is 5.58. The lowest BCUT2D eigenvalue weighted by molar-refractivity contribution is -0.0993. The van der Waals surface area contributed by atoms with Crippen LogP contribution in [0.3, 0.4) is 0 Å². The van der Waals surface area contributed by atoms with Gasteiger partial charge in [0.25, 0.3) is 5.56 Å². The zero-order valence-electron chi connectivity index (χ0n) is 10.1. The fourth-order valence-corrected chi connectivity index (χ4v) is 1.97. The van der Waals surface area contributed by atoms with E-state index in [2.05, 4.69) is 4.85 Å². The van der Waals surface area contributed by atoms with Crippen LogP contribution in [0.15, 0.2) is 15.8 Å². The molecule has 9 heteroatoms. The van der Waals surface area contributed by atoms with Gasteiger partial charge in [0.2, 0.25) is 0 Å². The summed E-state index contributed by atoms with van der Waals surface area (Å²) >= 11 is 0. The van der Waals surface area contributed by atoms with Crippen LogP contribution in [0.2, 0.25) is 0 Å². The molecule has 0 radical (unpaired) electrons. The summed E-state index contributed by atoms with van der Waals surface area (Å²) in [6.45, 7) is 6.24. The molecule has 20 heavy (non-hydrogen) atoms. The van der Waals surface area contributed by atoms with Gasteiger partial charge in [-0.2, -0.15) is 5.26 Å². The van der Waals surface area contributed by atoms with Gasteiger partial charge in [-0.15, -0.1) is 0 Å². The van der Waals surface area contributed by atoms with E-state index in [9.17, 15) is 14.7 Å². The van der Waals surface area contributed by atoms with E-state index in [1.54, 1.807) is 6.07 Å². The molecule has 0 unspecified atom stereocenters. The summed E-state index contributed by atoms with van der Waals surface area (Å²) in [7, 11) is 0. The number of aliphatic hydroxyl groups excluding tert-OH is 2. The van der Waals surface area contributed by atoms with Gasteiger partial charge < -0.3 is 10.2 Å². The standard InChI is InChI=1S/C11H10N4O5/c1-13-11(5-16)7(17)2-8(20-11)15-4-6(3-12)9(18)14-10(15)19/h4,7-8,16-17H,2,5H2,(H,14,18,19)/t7-,8+,11+/m0/s1. The first-order valence-electron chi connectivity index (χ1n) is 5.58. The van der Waals surface area contributed by atoms with Gasteiger partial charge in [0.15, 0.2) is 12.7 Å². The normalized spacial score (nSPS) is 28.8. The first kappa shape index (κ1) is 14.0. The molecule has 1 aromatic heterocycles. The maximum atomic E-state index is 11.7. The molecular formula is C11H10N4O5. The Morgan fingerprint density at radius 3 is 2.90 bits per heavy atom. The van der Waals surface area contributed by atoms with Crippen molar-refractivity contribution >= 4 is 0 Å². The molecule has 104 valence electrons. The third-order valence-electron chi connectivity index (χ3n) is 3.10. The van der Waals surface area contributed by atoms with E-state index in [0.717, 1.165) is 10.8 Å². The summed E-state index contributed by atoms with van der Waals surface area (Å²) in [6, 6.07) is 1.61. The van der Waals surface area contributed by atoms with E-state index in [-0.39, 0.29) is 12.0 Å². The van der Waals surface area contributed by atoms with Crippen molar-refractivity contribution in [3.63, 3.8) is 0 Å². The number of aliphatic hydroxyl groups is 2. The number of hydrogen-bond acceptors (Lipinski definition) is 6. The summed E-state index contributed by atoms with van der Waals surface area (Å²) in [4.78, 5) is 28.0. The molecule has 3 N–H and O–H groups in total. The van der Waals surface area contributed by atoms with Gasteiger partial charge in [0.05, 0.1) is 0 Å². The van der Waals surface area contributed by atoms with Crippen molar-refractivity contribution in [2.24, 2.45) is 0 Å². The summed E-state index contributed by atoms with van der Waals surface area (Å²) in [5, 5.41) is 27.7. The lowest BCUT2D eigenvalue weighted by atomic mass is 10.1. The fraction of sp³-hybridized carbons (Fsp3) is 0.455. The highest BCUT2D eigenvalue weighted by Crippen LogP contribution is 2.36. The lowest BCUT2D eigenvalue weighted by Crippen LogP contribution is -2.40. The van der Waals surface area contributed by atoms with E-state index in [0.29, 0.717) is 0 Å². The Morgan fingerprint density at radius 1 is 1.70 bits per heavy atom. The molecule has 1 saturated heterocycles. The average Bonchev–Trinajstić information content (AvgIpc) is 2.76. The van der Waals surface area contributed by atoms with E-state index in [1.165, 1.54) is 0 Å². The Morgan fingerprint density at radius 2 is 2.40 bits per heavy atom. The number of H-pyrrole nitrogens is 1. The minimum Gasteiger partial charge on any atom is -0.385 e. The Hall–Kier alpha value is -2.46. The van der Waals surface area contributed by atoms with Crippen LogP contribution in [-0.4, -0.2) is 38.2 Å². The second-order valence-corrected chi connectivity index (χ2v) is 4.26. The van der Waals surface area contributed by atoms with Crippen LogP contribution < -0.4 is 11.2 Å². The molecule has 1 aliphatic rings. The van der Waals surface area contributed by atoms with Gasteiger partial charge in [-0.05, 0) is 0 Å². The second-order valence-electron chi connectivity index (χ2n) is 4.26. The number of rotatable bonds is 2. The molecule has 0 aromatic carbocycles. The SMILES string of the molecule is [C-]#[N+][C@]1(CO)O[C@@H](n2cc(C#N)c(=O)[nH]c2=O)C[C@@H]1O. The molecule has 1 fully saturated rings. The molecule has 2 heterocycles. The van der Waals surface area contributed by atoms with Gasteiger partial charge in [-0.1, -0.05) is 0 Å². The third kappa shape index (κ3) is 2.00. The van der Waals surface area contributed by atoms with Crippen LogP contribution in [0.1, 0.15) is 18.2 Å². The number of ether oxygens (including phenoxy) is 1. The van der Waals surface area contributed by atoms with Crippen molar-refractivity contribution in [2.45, 2.75) is 24.5 Å². The van der Waals surface area contributed by atoms with Crippen LogP contribution in [0, 0.1) is 17.9 Å². The van der Waals surface area contributed by atoms with Crippen molar-refractivity contribution in [2.75, 3.05) is 6.61 Å². The molecule has 0 saturated carbocycles. The molecule has 0 amide bonds. The quantitative estimate of drug-likeness (QED) is 0.552. The van der Waals surface area contributed by atoms with E-state index in [4.69, 9.17) is 21.7 Å². The number of aromatic amines is 1. The van der Waals surface area contributed by atoms with Gasteiger partial charge in [0.1, 0.15) is 17.9 Å². The molecule has 1 aliphatic heterocycles. The minimum absolute atomic E-state index is 0.125. The minimum atomic E-state index is -1.84. The van der Waals surface area contributed by atoms with Gasteiger partial charge in [-0.25, -0.2) is 11.4 Å². The third-order valence-corrected chi connectivity index (χ3v) is 3.10. The average molecular weight is 278 g/mol. The number of aromatic nitrogens is 2. The first-order chi connectivity index (χ1) is 9.47. The largest absolute Gasteiger partial charge is 0.387 e. The molecule has 2 rings (SSSR count). The predicted octanol–water partition coefficient (Wildman–Crippen LogP) is -1.70. The monoisotopic (exact) mass is 278 g/mol. The predicted molar refractivity (Wildman–Crippen MR) is 63.2 cm³/mol. The molecule has 1 aromatic rings. The highest BCUT2D eigenvalue weighted by atomic mass is 16.6. The topological polar surface area (TPSA) is 133 Å². The van der Waals surface area contributed by atoms with Crippen molar-refractivity contribution in [3.8, 4) is 6.07 Å². The van der Waals surface area contributed by atoms with Gasteiger partial charge >= 0.3 is 11.4 Å². The van der Waals surface area contributed by atoms with Crippen LogP contribution in [-0.2, 0) is 4.74 Å². The number of hydrogen-bond donors (Lipinski definition) is 3. The van der Waals surface area contributed by atoms with Crippen molar-refractivity contribution in [1.82, 2.24) is 9.55 Å². The zero-order chi connectivity index (χ0) is 14.9. The molecule has 0 bridgehead atoms. The van der Waals surface area contributed by atoms with E-state index in [1.807, 2.05) is 4.98 Å². The van der Waals surface area contributed by atoms with E-state index < -0.39 is 35.9 Å². The van der Waals surface area contributed by atoms with Crippen molar-refractivity contribution in [3.05, 3.63) is 44.0 Å². The molecule has 0 spiro atoms. The van der Waals surface area contributed by atoms with Crippen molar-refractivity contribution < 1.29 is 14.9 Å². The van der Waals surface area contributed by atoms with Crippen LogP contribution in [0.25, 0.3) is 4.85 Å². The number of nitrogens with one attached hydrogen (secondary N) is 1. The summed E-state index contributed by atoms with van der Waals surface area (Å²) in [5.41, 5.74) is -3.80. The Labute approximate surface area is 112 Å². The molecular weight excluding hydrogens is 268 g/mol. The van der Waals surface area contributed by atoms with Crippen LogP contribution >= 0.6 is 0 Å². The molecule has 3 atom stereocenters. The summed E-state index contributed by atoms with van der Waals surface area (Å²) < 4.78 is 6.15. The van der Waals surface area contributed by atoms with E-state index >= 15 is 0 Å². The van der Waals surface area contributed by atoms with Gasteiger partial charge in [-0.3, -0.25) is 23.9 Å². The Kier molecular flexibility index (Phi) is 3.42. The lowest BCUT2D eigenvalue weighted by Gasteiger charge is -2.17. The Bertz CT molecular complexity index is 724. The maximum Gasteiger partial charge on any atom is 0.387 e. The number of nitrogens with zero attached hydrogens (tertiary/aromatic N) is 3.